The second-order valence-electron chi connectivity index (χ2n) is 4.54. The van der Waals surface area contributed by atoms with Gasteiger partial charge in [-0.1, -0.05) is 6.42 Å². The van der Waals surface area contributed by atoms with Crippen LogP contribution in [0.15, 0.2) is 6.20 Å². The number of nitrogens with zero attached hydrogens (tertiary/aromatic N) is 2. The van der Waals surface area contributed by atoms with Gasteiger partial charge >= 0.3 is 0 Å². The highest BCUT2D eigenvalue weighted by atomic mass is 35.5. The second-order valence-corrected chi connectivity index (χ2v) is 5.86. The third-order valence-corrected chi connectivity index (χ3v) is 3.94. The number of aryl methyl sites for hydroxylation is 1. The number of halogens is 2. The first-order chi connectivity index (χ1) is 8.16. The molecule has 0 bridgehead atoms. The molecule has 0 saturated carbocycles. The lowest BCUT2D eigenvalue weighted by Crippen LogP contribution is -2.46. The number of hydrogen-bond donors (Lipinski definition) is 1. The Balaban J connectivity index is 0.00000162. The average Bonchev–Trinajstić information content (AvgIpc) is 2.75. The van der Waals surface area contributed by atoms with Gasteiger partial charge in [-0.25, -0.2) is 4.98 Å². The smallest absolute Gasteiger partial charge is 0.239 e. The number of hydrogen-bond acceptors (Lipinski definition) is 4. The van der Waals surface area contributed by atoms with Gasteiger partial charge in [-0.2, -0.15) is 0 Å². The summed E-state index contributed by atoms with van der Waals surface area (Å²) < 4.78 is 0. The van der Waals surface area contributed by atoms with Crippen molar-refractivity contribution in [1.29, 1.82) is 0 Å². The number of rotatable bonds is 3. The van der Waals surface area contributed by atoms with Crippen molar-refractivity contribution in [2.75, 3.05) is 13.6 Å². The Morgan fingerprint density at radius 1 is 1.53 bits per heavy atom. The summed E-state index contributed by atoms with van der Waals surface area (Å²) in [6.45, 7) is 3.62. The van der Waals surface area contributed by atoms with E-state index in [1.807, 2.05) is 20.2 Å². The molecule has 1 fully saturated rings. The number of thiazole rings is 1. The molecule has 0 spiro atoms. The zero-order valence-corrected chi connectivity index (χ0v) is 13.7. The maximum atomic E-state index is 12.2. The highest BCUT2D eigenvalue weighted by Gasteiger charge is 2.23. The van der Waals surface area contributed by atoms with Crippen LogP contribution >= 0.6 is 36.2 Å². The van der Waals surface area contributed by atoms with Crippen LogP contribution in [0.4, 0.5) is 0 Å². The van der Waals surface area contributed by atoms with Crippen molar-refractivity contribution in [3.05, 3.63) is 16.1 Å². The highest BCUT2D eigenvalue weighted by molar-refractivity contribution is 7.11. The minimum absolute atomic E-state index is 0. The quantitative estimate of drug-likeness (QED) is 0.928. The molecule has 19 heavy (non-hydrogen) atoms. The van der Waals surface area contributed by atoms with Crippen molar-refractivity contribution in [3.63, 3.8) is 0 Å². The predicted octanol–water partition coefficient (Wildman–Crippen LogP) is 2.40. The summed E-state index contributed by atoms with van der Waals surface area (Å²) in [4.78, 5) is 19.3. The average molecular weight is 326 g/mol. The van der Waals surface area contributed by atoms with Crippen molar-refractivity contribution in [1.82, 2.24) is 15.2 Å². The van der Waals surface area contributed by atoms with Crippen LogP contribution in [0.2, 0.25) is 0 Å². The summed E-state index contributed by atoms with van der Waals surface area (Å²) in [5, 5.41) is 4.34. The summed E-state index contributed by atoms with van der Waals surface area (Å²) in [5.74, 6) is 0.204. The van der Waals surface area contributed by atoms with E-state index in [1.165, 1.54) is 6.42 Å². The van der Waals surface area contributed by atoms with E-state index in [1.54, 1.807) is 16.2 Å². The first-order valence-corrected chi connectivity index (χ1v) is 6.88. The third-order valence-electron chi connectivity index (χ3n) is 3.05. The first-order valence-electron chi connectivity index (χ1n) is 6.06. The molecule has 1 atom stereocenters. The molecule has 1 aliphatic rings. The minimum Gasteiger partial charge on any atom is -0.339 e. The van der Waals surface area contributed by atoms with Gasteiger partial charge in [-0.3, -0.25) is 4.79 Å². The van der Waals surface area contributed by atoms with Crippen molar-refractivity contribution in [2.45, 2.75) is 38.8 Å². The fourth-order valence-corrected chi connectivity index (χ4v) is 2.97. The minimum atomic E-state index is 0. The lowest BCUT2D eigenvalue weighted by atomic mass is 10.0. The van der Waals surface area contributed by atoms with Crippen LogP contribution in [0.3, 0.4) is 0 Å². The van der Waals surface area contributed by atoms with Gasteiger partial charge in [-0.05, 0) is 26.3 Å². The number of carbonyl (C=O) groups excluding carboxylic acids is 1. The Hall–Kier alpha value is -0.360. The molecule has 1 aromatic rings. The normalized spacial score (nSPS) is 18.1. The molecule has 0 aromatic carbocycles. The van der Waals surface area contributed by atoms with Crippen LogP contribution in [0.1, 0.15) is 29.1 Å². The molecule has 0 aliphatic carbocycles. The summed E-state index contributed by atoms with van der Waals surface area (Å²) in [7, 11) is 1.87. The Morgan fingerprint density at radius 2 is 2.26 bits per heavy atom. The van der Waals surface area contributed by atoms with Gasteiger partial charge in [0.2, 0.25) is 5.91 Å². The Morgan fingerprint density at radius 3 is 2.79 bits per heavy atom. The molecule has 1 amide bonds. The topological polar surface area (TPSA) is 45.2 Å². The molecule has 1 aliphatic heterocycles. The lowest BCUT2D eigenvalue weighted by molar-refractivity contribution is -0.133. The van der Waals surface area contributed by atoms with Crippen LogP contribution in [0.25, 0.3) is 0 Å². The number of piperidine rings is 1. The van der Waals surface area contributed by atoms with E-state index in [2.05, 4.69) is 10.3 Å². The standard InChI is InChI=1S/C12H19N3OS.2ClH/c1-9-14-7-10(17-9)8-15(2)12(16)11-5-3-4-6-13-11;;/h7,11,13H,3-6,8H2,1-2H3;2*1H/t11-;;/m1../s1. The summed E-state index contributed by atoms with van der Waals surface area (Å²) >= 11 is 1.65. The van der Waals surface area contributed by atoms with Gasteiger partial charge in [0, 0.05) is 18.1 Å². The summed E-state index contributed by atoms with van der Waals surface area (Å²) in [6.07, 6.45) is 5.15. The molecular formula is C12H21Cl2N3OS. The SMILES string of the molecule is Cc1ncc(CN(C)C(=O)[C@H]2CCCCN2)s1.Cl.Cl. The Bertz CT molecular complexity index is 394. The predicted molar refractivity (Wildman–Crippen MR) is 83.5 cm³/mol. The molecule has 1 saturated heterocycles. The molecular weight excluding hydrogens is 305 g/mol. The largest absolute Gasteiger partial charge is 0.339 e. The highest BCUT2D eigenvalue weighted by Crippen LogP contribution is 2.15. The number of carbonyl (C=O) groups is 1. The van der Waals surface area contributed by atoms with Crippen molar-refractivity contribution >= 4 is 42.1 Å². The van der Waals surface area contributed by atoms with E-state index in [9.17, 15) is 4.79 Å². The number of aromatic nitrogens is 1. The first kappa shape index (κ1) is 18.6. The van der Waals surface area contributed by atoms with E-state index in [0.29, 0.717) is 6.54 Å². The molecule has 4 nitrogen and oxygen atoms in total. The van der Waals surface area contributed by atoms with E-state index < -0.39 is 0 Å². The van der Waals surface area contributed by atoms with Gasteiger partial charge in [0.15, 0.2) is 0 Å². The zero-order valence-electron chi connectivity index (χ0n) is 11.2. The zero-order chi connectivity index (χ0) is 12.3. The Labute approximate surface area is 130 Å². The molecule has 0 radical (unpaired) electrons. The van der Waals surface area contributed by atoms with Gasteiger partial charge < -0.3 is 10.2 Å². The number of amides is 1. The second kappa shape index (κ2) is 8.74. The number of nitrogens with one attached hydrogen (secondary N) is 1. The van der Waals surface area contributed by atoms with Gasteiger partial charge in [0.25, 0.3) is 0 Å². The van der Waals surface area contributed by atoms with E-state index in [4.69, 9.17) is 0 Å². The van der Waals surface area contributed by atoms with Crippen LogP contribution in [-0.2, 0) is 11.3 Å². The summed E-state index contributed by atoms with van der Waals surface area (Å²) in [5.41, 5.74) is 0. The third kappa shape index (κ3) is 5.26. The molecule has 0 unspecified atom stereocenters. The molecule has 2 heterocycles. The van der Waals surface area contributed by atoms with Crippen molar-refractivity contribution in [3.8, 4) is 0 Å². The Kier molecular flexibility index (Phi) is 8.57. The maximum Gasteiger partial charge on any atom is 0.239 e. The van der Waals surface area contributed by atoms with Gasteiger partial charge in [0.1, 0.15) is 0 Å². The molecule has 110 valence electrons. The van der Waals surface area contributed by atoms with Crippen LogP contribution in [0.5, 0.6) is 0 Å². The summed E-state index contributed by atoms with van der Waals surface area (Å²) in [6, 6.07) is 0.0165. The maximum absolute atomic E-state index is 12.2. The van der Waals surface area contributed by atoms with E-state index in [0.717, 1.165) is 29.3 Å². The van der Waals surface area contributed by atoms with Crippen molar-refractivity contribution < 1.29 is 4.79 Å². The van der Waals surface area contributed by atoms with Crippen LogP contribution in [-0.4, -0.2) is 35.4 Å². The monoisotopic (exact) mass is 325 g/mol. The van der Waals surface area contributed by atoms with Crippen LogP contribution in [0, 0.1) is 6.92 Å². The fourth-order valence-electron chi connectivity index (χ4n) is 2.12. The van der Waals surface area contributed by atoms with Crippen LogP contribution < -0.4 is 5.32 Å². The number of likely N-dealkylation sites (N-methyl/N-ethyl adjacent to an activating group) is 1. The molecule has 7 heteroatoms. The lowest BCUT2D eigenvalue weighted by Gasteiger charge is -2.27. The van der Waals surface area contributed by atoms with Gasteiger partial charge in [0.05, 0.1) is 17.6 Å². The van der Waals surface area contributed by atoms with E-state index >= 15 is 0 Å². The van der Waals surface area contributed by atoms with E-state index in [-0.39, 0.29) is 36.8 Å². The van der Waals surface area contributed by atoms with Gasteiger partial charge in [-0.15, -0.1) is 36.2 Å². The van der Waals surface area contributed by atoms with Crippen molar-refractivity contribution in [2.24, 2.45) is 0 Å². The molecule has 1 aromatic heterocycles. The molecule has 1 N–H and O–H groups in total. The fraction of sp³-hybridized carbons (Fsp3) is 0.667. The molecule has 2 rings (SSSR count).